The van der Waals surface area contributed by atoms with Crippen LogP contribution < -0.4 is 16.0 Å². The quantitative estimate of drug-likeness (QED) is 0.452. The first kappa shape index (κ1) is 25.1. The van der Waals surface area contributed by atoms with Gasteiger partial charge in [0.05, 0.1) is 12.6 Å². The average Bonchev–Trinajstić information content (AvgIpc) is 2.79. The summed E-state index contributed by atoms with van der Waals surface area (Å²) >= 11 is 0. The Morgan fingerprint density at radius 2 is 1.75 bits per heavy atom. The van der Waals surface area contributed by atoms with E-state index in [9.17, 15) is 24.3 Å². The van der Waals surface area contributed by atoms with Gasteiger partial charge in [0.15, 0.2) is 0 Å². The van der Waals surface area contributed by atoms with Gasteiger partial charge in [-0.05, 0) is 25.5 Å². The molecule has 4 N–H and O–H groups in total. The number of urea groups is 1. The molecule has 1 saturated heterocycles. The molecule has 4 amide bonds. The average molecular weight is 448 g/mol. The molecule has 1 aromatic carbocycles. The Labute approximate surface area is 188 Å². The highest BCUT2D eigenvalue weighted by atomic mass is 16.4. The van der Waals surface area contributed by atoms with Crippen LogP contribution in [0.4, 0.5) is 4.79 Å². The molecular weight excluding hydrogens is 414 g/mol. The molecule has 0 spiro atoms. The van der Waals surface area contributed by atoms with Crippen LogP contribution in [0.25, 0.3) is 0 Å². The van der Waals surface area contributed by atoms with Crippen LogP contribution in [-0.4, -0.2) is 83.5 Å². The van der Waals surface area contributed by atoms with Crippen molar-refractivity contribution in [2.75, 3.05) is 26.7 Å². The van der Waals surface area contributed by atoms with Gasteiger partial charge in [-0.25, -0.2) is 9.59 Å². The summed E-state index contributed by atoms with van der Waals surface area (Å²) < 4.78 is 0. The number of carbonyl (C=O) groups excluding carboxylic acids is 3. The third-order valence-corrected chi connectivity index (χ3v) is 5.58. The maximum atomic E-state index is 13.2. The van der Waals surface area contributed by atoms with Gasteiger partial charge in [-0.3, -0.25) is 9.59 Å². The van der Waals surface area contributed by atoms with Gasteiger partial charge in [0.25, 0.3) is 0 Å². The van der Waals surface area contributed by atoms with Crippen molar-refractivity contribution in [3.05, 3.63) is 35.9 Å². The van der Waals surface area contributed by atoms with Crippen LogP contribution in [-0.2, 0) is 20.9 Å². The van der Waals surface area contributed by atoms with Crippen molar-refractivity contribution in [2.24, 2.45) is 5.92 Å². The van der Waals surface area contributed by atoms with Crippen LogP contribution in [0.5, 0.6) is 0 Å². The second-order valence-electron chi connectivity index (χ2n) is 8.22. The number of aliphatic carboxylic acids is 1. The van der Waals surface area contributed by atoms with Crippen molar-refractivity contribution in [3.8, 4) is 0 Å². The molecule has 3 atom stereocenters. The molecule has 0 aliphatic carbocycles. The minimum Gasteiger partial charge on any atom is -0.480 e. The Morgan fingerprint density at radius 3 is 2.31 bits per heavy atom. The number of likely N-dealkylation sites (N-methyl/N-ethyl adjacent to an activating group) is 1. The molecule has 1 aliphatic rings. The third-order valence-electron chi connectivity index (χ3n) is 5.58. The lowest BCUT2D eigenvalue weighted by molar-refractivity contribution is -0.154. The van der Waals surface area contributed by atoms with Gasteiger partial charge in [-0.2, -0.15) is 0 Å². The summed E-state index contributed by atoms with van der Waals surface area (Å²) in [5, 5.41) is 18.1. The number of amides is 4. The van der Waals surface area contributed by atoms with E-state index in [4.69, 9.17) is 0 Å². The third kappa shape index (κ3) is 6.43. The van der Waals surface area contributed by atoms with E-state index in [1.165, 1.54) is 9.80 Å². The fourth-order valence-corrected chi connectivity index (χ4v) is 3.43. The normalized spacial score (nSPS) is 18.1. The standard InChI is InChI=1S/C22H33N5O5/c1-14(2)18(25-19(28)15(3)23-4)20(29)27-11-10-26(13-17(27)21(30)31)22(32)24-12-16-8-6-5-7-9-16/h5-9,14-15,17-18,23H,10-13H2,1-4H3,(H,24,32)(H,25,28)(H,30,31)/t15-,17-,18-/m0/s1. The summed E-state index contributed by atoms with van der Waals surface area (Å²) in [6.45, 7) is 5.70. The van der Waals surface area contributed by atoms with Crippen molar-refractivity contribution >= 4 is 23.8 Å². The fraction of sp³-hybridized carbons (Fsp3) is 0.545. The molecule has 0 unspecified atom stereocenters. The van der Waals surface area contributed by atoms with Crippen molar-refractivity contribution in [1.82, 2.24) is 25.8 Å². The molecule has 10 heteroatoms. The van der Waals surface area contributed by atoms with Gasteiger partial charge in [0.2, 0.25) is 11.8 Å². The molecule has 32 heavy (non-hydrogen) atoms. The Bertz CT molecular complexity index is 816. The lowest BCUT2D eigenvalue weighted by Gasteiger charge is -2.41. The molecule has 0 saturated carbocycles. The maximum Gasteiger partial charge on any atom is 0.328 e. The predicted octanol–water partition coefficient (Wildman–Crippen LogP) is 0.242. The van der Waals surface area contributed by atoms with E-state index in [1.54, 1.807) is 27.8 Å². The van der Waals surface area contributed by atoms with Gasteiger partial charge in [0.1, 0.15) is 12.1 Å². The number of piperazine rings is 1. The van der Waals surface area contributed by atoms with Crippen molar-refractivity contribution in [1.29, 1.82) is 0 Å². The number of nitrogens with zero attached hydrogens (tertiary/aromatic N) is 2. The first-order valence-corrected chi connectivity index (χ1v) is 10.7. The Hall–Kier alpha value is -3.14. The number of carboxylic acid groups (broad SMARTS) is 1. The number of nitrogens with one attached hydrogen (secondary N) is 3. The lowest BCUT2D eigenvalue weighted by Crippen LogP contribution is -2.64. The van der Waals surface area contributed by atoms with E-state index in [0.717, 1.165) is 5.56 Å². The highest BCUT2D eigenvalue weighted by Gasteiger charge is 2.40. The minimum atomic E-state index is -1.20. The predicted molar refractivity (Wildman–Crippen MR) is 119 cm³/mol. The zero-order valence-corrected chi connectivity index (χ0v) is 19.0. The van der Waals surface area contributed by atoms with E-state index in [0.29, 0.717) is 6.54 Å². The van der Waals surface area contributed by atoms with E-state index >= 15 is 0 Å². The van der Waals surface area contributed by atoms with Crippen LogP contribution in [0, 0.1) is 5.92 Å². The first-order valence-electron chi connectivity index (χ1n) is 10.7. The molecule has 0 bridgehead atoms. The van der Waals surface area contributed by atoms with E-state index in [-0.39, 0.29) is 37.5 Å². The summed E-state index contributed by atoms with van der Waals surface area (Å²) in [6, 6.07) is 6.44. The molecule has 1 heterocycles. The topological polar surface area (TPSA) is 131 Å². The molecule has 0 aromatic heterocycles. The van der Waals surface area contributed by atoms with E-state index < -0.39 is 30.0 Å². The monoisotopic (exact) mass is 447 g/mol. The van der Waals surface area contributed by atoms with Crippen molar-refractivity contribution in [2.45, 2.75) is 45.4 Å². The summed E-state index contributed by atoms with van der Waals surface area (Å²) in [5.41, 5.74) is 0.927. The number of carbonyl (C=O) groups is 4. The first-order chi connectivity index (χ1) is 15.1. The Balaban J connectivity index is 2.06. The van der Waals surface area contributed by atoms with Crippen LogP contribution in [0.3, 0.4) is 0 Å². The van der Waals surface area contributed by atoms with Crippen LogP contribution in [0.2, 0.25) is 0 Å². The number of carboxylic acids is 1. The molecule has 0 radical (unpaired) electrons. The summed E-state index contributed by atoms with van der Waals surface area (Å²) in [4.78, 5) is 52.6. The smallest absolute Gasteiger partial charge is 0.328 e. The van der Waals surface area contributed by atoms with E-state index in [2.05, 4.69) is 16.0 Å². The van der Waals surface area contributed by atoms with Gasteiger partial charge < -0.3 is 30.9 Å². The molecule has 2 rings (SSSR count). The highest BCUT2D eigenvalue weighted by Crippen LogP contribution is 2.16. The molecular formula is C22H33N5O5. The zero-order valence-electron chi connectivity index (χ0n) is 19.0. The molecule has 1 fully saturated rings. The molecule has 1 aliphatic heterocycles. The van der Waals surface area contributed by atoms with E-state index in [1.807, 2.05) is 30.3 Å². The zero-order chi connectivity index (χ0) is 23.8. The van der Waals surface area contributed by atoms with Gasteiger partial charge in [-0.1, -0.05) is 44.2 Å². The van der Waals surface area contributed by atoms with Gasteiger partial charge in [0, 0.05) is 19.6 Å². The highest BCUT2D eigenvalue weighted by molar-refractivity contribution is 5.92. The number of hydrogen-bond acceptors (Lipinski definition) is 5. The van der Waals surface area contributed by atoms with Gasteiger partial charge in [-0.15, -0.1) is 0 Å². The van der Waals surface area contributed by atoms with Crippen molar-refractivity contribution < 1.29 is 24.3 Å². The van der Waals surface area contributed by atoms with Crippen LogP contribution in [0.15, 0.2) is 30.3 Å². The summed E-state index contributed by atoms with van der Waals surface area (Å²) in [6.07, 6.45) is 0. The Morgan fingerprint density at radius 1 is 1.09 bits per heavy atom. The molecule has 10 nitrogen and oxygen atoms in total. The van der Waals surface area contributed by atoms with Gasteiger partial charge >= 0.3 is 12.0 Å². The lowest BCUT2D eigenvalue weighted by atomic mass is 10.00. The maximum absolute atomic E-state index is 13.2. The SMILES string of the molecule is CN[C@@H](C)C(=O)N[C@H](C(=O)N1CCN(C(=O)NCc2ccccc2)C[C@H]1C(=O)O)C(C)C. The number of hydrogen-bond donors (Lipinski definition) is 4. The fourth-order valence-electron chi connectivity index (χ4n) is 3.43. The second-order valence-corrected chi connectivity index (χ2v) is 8.22. The molecule has 176 valence electrons. The van der Waals surface area contributed by atoms with Crippen molar-refractivity contribution in [3.63, 3.8) is 0 Å². The Kier molecular flexibility index (Phi) is 9.01. The number of rotatable bonds is 8. The largest absolute Gasteiger partial charge is 0.480 e. The number of benzene rings is 1. The van der Waals surface area contributed by atoms with Crippen LogP contribution >= 0.6 is 0 Å². The summed E-state index contributed by atoms with van der Waals surface area (Å²) in [7, 11) is 1.64. The summed E-state index contributed by atoms with van der Waals surface area (Å²) in [5.74, 6) is -2.24. The second kappa shape index (κ2) is 11.5. The van der Waals surface area contributed by atoms with Crippen LogP contribution in [0.1, 0.15) is 26.3 Å². The molecule has 1 aromatic rings. The minimum absolute atomic E-state index is 0.0647.